The first-order valence-corrected chi connectivity index (χ1v) is 9.22. The molecule has 23 heavy (non-hydrogen) atoms. The number of piperazine rings is 1. The Morgan fingerprint density at radius 3 is 2.00 bits per heavy atom. The molecule has 3 heteroatoms. The average molecular weight is 315 g/mol. The first kappa shape index (κ1) is 18.2. The molecular formula is C20H31N2O. The van der Waals surface area contributed by atoms with E-state index in [1.807, 2.05) is 6.29 Å². The van der Waals surface area contributed by atoms with E-state index in [1.165, 1.54) is 64.0 Å². The van der Waals surface area contributed by atoms with Gasteiger partial charge in [-0.05, 0) is 50.8 Å². The van der Waals surface area contributed by atoms with E-state index in [0.29, 0.717) is 6.42 Å². The second kappa shape index (κ2) is 11.4. The van der Waals surface area contributed by atoms with Crippen molar-refractivity contribution in [3.8, 4) is 0 Å². The fraction of sp³-hybridized carbons (Fsp3) is 0.650. The number of unbranched alkanes of at least 4 members (excludes halogenated alkanes) is 4. The Morgan fingerprint density at radius 1 is 0.783 bits per heavy atom. The van der Waals surface area contributed by atoms with Crippen LogP contribution in [0.1, 0.15) is 44.1 Å². The highest BCUT2D eigenvalue weighted by molar-refractivity contribution is 5.50. The van der Waals surface area contributed by atoms with Gasteiger partial charge in [0.15, 0.2) is 6.29 Å². The molecule has 1 aliphatic rings. The van der Waals surface area contributed by atoms with Gasteiger partial charge in [-0.15, -0.1) is 0 Å². The average Bonchev–Trinajstić information content (AvgIpc) is 2.60. The Kier molecular flexibility index (Phi) is 8.97. The number of benzene rings is 1. The summed E-state index contributed by atoms with van der Waals surface area (Å²) in [6, 6.07) is 10.8. The van der Waals surface area contributed by atoms with Crippen molar-refractivity contribution in [3.63, 3.8) is 0 Å². The lowest BCUT2D eigenvalue weighted by atomic mass is 10.1. The van der Waals surface area contributed by atoms with Crippen LogP contribution in [-0.4, -0.2) is 55.4 Å². The van der Waals surface area contributed by atoms with E-state index in [0.717, 1.165) is 19.4 Å². The molecule has 1 fully saturated rings. The van der Waals surface area contributed by atoms with Gasteiger partial charge in [0.05, 0.1) is 0 Å². The zero-order chi connectivity index (χ0) is 16.2. The summed E-state index contributed by atoms with van der Waals surface area (Å²) >= 11 is 0. The first-order valence-electron chi connectivity index (χ1n) is 9.22. The summed E-state index contributed by atoms with van der Waals surface area (Å²) in [6.45, 7) is 7.19. The minimum atomic E-state index is 0.600. The van der Waals surface area contributed by atoms with Crippen molar-refractivity contribution in [3.05, 3.63) is 35.9 Å². The van der Waals surface area contributed by atoms with Crippen LogP contribution in [0.25, 0.3) is 0 Å². The summed E-state index contributed by atoms with van der Waals surface area (Å²) in [7, 11) is 0. The maximum atomic E-state index is 10.2. The molecule has 0 bridgehead atoms. The SMILES string of the molecule is O=[C]CCCCN1CCN(CCCCCc2ccccc2)CC1. The topological polar surface area (TPSA) is 23.6 Å². The Morgan fingerprint density at radius 2 is 1.39 bits per heavy atom. The molecule has 1 radical (unpaired) electrons. The third kappa shape index (κ3) is 7.76. The van der Waals surface area contributed by atoms with Gasteiger partial charge in [0.25, 0.3) is 0 Å². The second-order valence-electron chi connectivity index (χ2n) is 6.58. The normalized spacial score (nSPS) is 16.5. The van der Waals surface area contributed by atoms with Crippen molar-refractivity contribution < 1.29 is 4.79 Å². The molecule has 2 rings (SSSR count). The number of aryl methyl sites for hydroxylation is 1. The molecule has 0 aromatic heterocycles. The number of rotatable bonds is 11. The van der Waals surface area contributed by atoms with Crippen LogP contribution in [0.4, 0.5) is 0 Å². The van der Waals surface area contributed by atoms with Crippen molar-refractivity contribution in [1.82, 2.24) is 9.80 Å². The highest BCUT2D eigenvalue weighted by Crippen LogP contribution is 2.09. The van der Waals surface area contributed by atoms with Gasteiger partial charge in [-0.1, -0.05) is 36.8 Å². The summed E-state index contributed by atoms with van der Waals surface area (Å²) in [5.41, 5.74) is 1.47. The van der Waals surface area contributed by atoms with E-state index in [9.17, 15) is 4.79 Å². The largest absolute Gasteiger partial charge is 0.301 e. The molecule has 1 heterocycles. The number of hydrogen-bond donors (Lipinski definition) is 0. The van der Waals surface area contributed by atoms with Crippen LogP contribution in [0.3, 0.4) is 0 Å². The third-order valence-electron chi connectivity index (χ3n) is 4.75. The third-order valence-corrected chi connectivity index (χ3v) is 4.75. The Bertz CT molecular complexity index is 413. The van der Waals surface area contributed by atoms with Crippen molar-refractivity contribution in [2.45, 2.75) is 44.9 Å². The van der Waals surface area contributed by atoms with Crippen molar-refractivity contribution in [1.29, 1.82) is 0 Å². The van der Waals surface area contributed by atoms with Gasteiger partial charge in [-0.2, -0.15) is 0 Å². The predicted octanol–water partition coefficient (Wildman–Crippen LogP) is 3.30. The fourth-order valence-electron chi connectivity index (χ4n) is 3.26. The standard InChI is InChI=1S/C20H31N2O/c23-19-9-3-8-14-22-17-15-21(16-18-22)13-7-2-6-12-20-10-4-1-5-11-20/h1,4-5,10-11H,2-3,6-9,12-18H2. The molecule has 0 aliphatic carbocycles. The molecule has 127 valence electrons. The zero-order valence-corrected chi connectivity index (χ0v) is 14.4. The predicted molar refractivity (Wildman–Crippen MR) is 96.4 cm³/mol. The molecule has 0 saturated carbocycles. The van der Waals surface area contributed by atoms with E-state index < -0.39 is 0 Å². The molecule has 0 N–H and O–H groups in total. The zero-order valence-electron chi connectivity index (χ0n) is 14.4. The van der Waals surface area contributed by atoms with E-state index in [-0.39, 0.29) is 0 Å². The monoisotopic (exact) mass is 315 g/mol. The maximum Gasteiger partial charge on any atom is 0.198 e. The Labute approximate surface area is 141 Å². The quantitative estimate of drug-likeness (QED) is 0.585. The van der Waals surface area contributed by atoms with E-state index in [2.05, 4.69) is 40.1 Å². The summed E-state index contributed by atoms with van der Waals surface area (Å²) < 4.78 is 0. The van der Waals surface area contributed by atoms with Gasteiger partial charge in [0, 0.05) is 32.6 Å². The molecular weight excluding hydrogens is 284 g/mol. The molecule has 3 nitrogen and oxygen atoms in total. The highest BCUT2D eigenvalue weighted by atomic mass is 16.1. The first-order chi connectivity index (χ1) is 11.4. The Hall–Kier alpha value is -1.19. The second-order valence-corrected chi connectivity index (χ2v) is 6.58. The number of carbonyl (C=O) groups excluding carboxylic acids is 1. The molecule has 0 atom stereocenters. The smallest absolute Gasteiger partial charge is 0.198 e. The van der Waals surface area contributed by atoms with E-state index in [4.69, 9.17) is 0 Å². The van der Waals surface area contributed by atoms with Crippen LogP contribution in [0, 0.1) is 0 Å². The lowest BCUT2D eigenvalue weighted by Gasteiger charge is -2.34. The summed E-state index contributed by atoms with van der Waals surface area (Å²) in [6.07, 6.45) is 9.88. The van der Waals surface area contributed by atoms with Gasteiger partial charge in [-0.25, -0.2) is 0 Å². The molecule has 1 saturated heterocycles. The highest BCUT2D eigenvalue weighted by Gasteiger charge is 2.15. The summed E-state index contributed by atoms with van der Waals surface area (Å²) in [4.78, 5) is 15.3. The van der Waals surface area contributed by atoms with E-state index >= 15 is 0 Å². The molecule has 1 aromatic carbocycles. The van der Waals surface area contributed by atoms with Crippen LogP contribution in [0.15, 0.2) is 30.3 Å². The van der Waals surface area contributed by atoms with Gasteiger partial charge in [0.1, 0.15) is 0 Å². The molecule has 1 aliphatic heterocycles. The van der Waals surface area contributed by atoms with Gasteiger partial charge >= 0.3 is 0 Å². The maximum absolute atomic E-state index is 10.2. The minimum absolute atomic E-state index is 0.600. The van der Waals surface area contributed by atoms with Crippen LogP contribution < -0.4 is 0 Å². The van der Waals surface area contributed by atoms with Gasteiger partial charge < -0.3 is 9.80 Å². The molecule has 0 unspecified atom stereocenters. The van der Waals surface area contributed by atoms with Crippen molar-refractivity contribution in [2.75, 3.05) is 39.3 Å². The van der Waals surface area contributed by atoms with E-state index in [1.54, 1.807) is 0 Å². The number of hydrogen-bond acceptors (Lipinski definition) is 3. The van der Waals surface area contributed by atoms with Crippen LogP contribution in [0.2, 0.25) is 0 Å². The van der Waals surface area contributed by atoms with Gasteiger partial charge in [0.2, 0.25) is 0 Å². The lowest BCUT2D eigenvalue weighted by Crippen LogP contribution is -2.46. The van der Waals surface area contributed by atoms with Crippen molar-refractivity contribution >= 4 is 6.29 Å². The Balaban J connectivity index is 1.46. The summed E-state index contributed by atoms with van der Waals surface area (Å²) in [5, 5.41) is 0. The summed E-state index contributed by atoms with van der Waals surface area (Å²) in [5.74, 6) is 0. The molecule has 0 spiro atoms. The van der Waals surface area contributed by atoms with Crippen molar-refractivity contribution in [2.24, 2.45) is 0 Å². The van der Waals surface area contributed by atoms with Crippen LogP contribution in [0.5, 0.6) is 0 Å². The lowest BCUT2D eigenvalue weighted by molar-refractivity contribution is 0.129. The van der Waals surface area contributed by atoms with Crippen LogP contribution >= 0.6 is 0 Å². The van der Waals surface area contributed by atoms with Crippen LogP contribution in [-0.2, 0) is 11.2 Å². The minimum Gasteiger partial charge on any atom is -0.301 e. The molecule has 0 amide bonds. The molecule has 1 aromatic rings. The fourth-order valence-corrected chi connectivity index (χ4v) is 3.26. The number of nitrogens with zero attached hydrogens (tertiary/aromatic N) is 2. The van der Waals surface area contributed by atoms with Gasteiger partial charge in [-0.3, -0.25) is 4.79 Å².